The molecule has 3 aromatic rings. The Morgan fingerprint density at radius 2 is 1.66 bits per heavy atom. The van der Waals surface area contributed by atoms with E-state index in [9.17, 15) is 14.4 Å². The van der Waals surface area contributed by atoms with Gasteiger partial charge >= 0.3 is 6.03 Å². The number of carbonyl (C=O) groups is 3. The molecule has 35 heavy (non-hydrogen) atoms. The maximum atomic E-state index is 13.3. The number of benzene rings is 3. The van der Waals surface area contributed by atoms with Gasteiger partial charge in [0.25, 0.3) is 11.8 Å². The van der Waals surface area contributed by atoms with Crippen molar-refractivity contribution < 1.29 is 23.9 Å². The highest BCUT2D eigenvalue weighted by atomic mass is 79.9. The van der Waals surface area contributed by atoms with Crippen molar-refractivity contribution in [3.8, 4) is 11.5 Å². The number of carbonyl (C=O) groups excluding carboxylic acids is 3. The molecule has 1 aliphatic heterocycles. The molecule has 0 aliphatic carbocycles. The van der Waals surface area contributed by atoms with Crippen LogP contribution in [0.5, 0.6) is 11.5 Å². The molecule has 0 unspecified atom stereocenters. The van der Waals surface area contributed by atoms with Gasteiger partial charge in [-0.1, -0.05) is 45.8 Å². The molecule has 4 rings (SSSR count). The molecule has 0 radical (unpaired) electrons. The maximum Gasteiger partial charge on any atom is 0.335 e. The summed E-state index contributed by atoms with van der Waals surface area (Å²) in [6, 6.07) is 18.9. The third kappa shape index (κ3) is 5.60. The predicted molar refractivity (Wildman–Crippen MR) is 136 cm³/mol. The van der Waals surface area contributed by atoms with Crippen LogP contribution in [0.3, 0.4) is 0 Å². The van der Waals surface area contributed by atoms with Crippen LogP contribution in [-0.2, 0) is 16.2 Å². The number of amides is 4. The second-order valence-electron chi connectivity index (χ2n) is 7.84. The quantitative estimate of drug-likeness (QED) is 0.324. The number of nitrogens with one attached hydrogen (secondary N) is 1. The van der Waals surface area contributed by atoms with Crippen LogP contribution in [0, 0.1) is 6.92 Å². The first kappa shape index (κ1) is 24.2. The van der Waals surface area contributed by atoms with Crippen LogP contribution in [0.4, 0.5) is 10.5 Å². The van der Waals surface area contributed by atoms with Gasteiger partial charge in [-0.3, -0.25) is 14.9 Å². The van der Waals surface area contributed by atoms with Gasteiger partial charge in [0.2, 0.25) is 0 Å². The fourth-order valence-corrected chi connectivity index (χ4v) is 3.89. The van der Waals surface area contributed by atoms with E-state index in [1.54, 1.807) is 36.4 Å². The molecule has 1 N–H and O–H groups in total. The minimum Gasteiger partial charge on any atom is -0.494 e. The van der Waals surface area contributed by atoms with Crippen molar-refractivity contribution >= 4 is 45.5 Å². The lowest BCUT2D eigenvalue weighted by Crippen LogP contribution is -2.54. The second-order valence-corrected chi connectivity index (χ2v) is 8.76. The fourth-order valence-electron chi connectivity index (χ4n) is 3.51. The van der Waals surface area contributed by atoms with E-state index in [2.05, 4.69) is 21.2 Å². The van der Waals surface area contributed by atoms with E-state index in [-0.39, 0.29) is 5.57 Å². The Morgan fingerprint density at radius 3 is 2.34 bits per heavy atom. The maximum absolute atomic E-state index is 13.3. The molecule has 0 spiro atoms. The summed E-state index contributed by atoms with van der Waals surface area (Å²) in [4.78, 5) is 39.3. The molecule has 1 aliphatic rings. The summed E-state index contributed by atoms with van der Waals surface area (Å²) in [5.41, 5.74) is 2.79. The number of imide groups is 2. The monoisotopic (exact) mass is 534 g/mol. The average Bonchev–Trinajstić information content (AvgIpc) is 2.83. The molecule has 7 nitrogen and oxygen atoms in total. The molecular formula is C27H23BrN2O5. The zero-order chi connectivity index (χ0) is 24.9. The number of anilines is 1. The summed E-state index contributed by atoms with van der Waals surface area (Å²) < 4.78 is 12.2. The van der Waals surface area contributed by atoms with Gasteiger partial charge < -0.3 is 9.47 Å². The average molecular weight is 535 g/mol. The van der Waals surface area contributed by atoms with Crippen LogP contribution >= 0.6 is 15.9 Å². The Bertz CT molecular complexity index is 1300. The highest BCUT2D eigenvalue weighted by Gasteiger charge is 2.37. The van der Waals surface area contributed by atoms with Gasteiger partial charge in [0.05, 0.1) is 12.3 Å². The van der Waals surface area contributed by atoms with Crippen molar-refractivity contribution in [2.24, 2.45) is 0 Å². The Morgan fingerprint density at radius 1 is 0.943 bits per heavy atom. The molecule has 0 saturated carbocycles. The summed E-state index contributed by atoms with van der Waals surface area (Å²) in [6.45, 7) is 4.68. The van der Waals surface area contributed by atoms with Crippen molar-refractivity contribution in [3.05, 3.63) is 93.5 Å². The number of aryl methyl sites for hydroxylation is 1. The van der Waals surface area contributed by atoms with Gasteiger partial charge in [0, 0.05) is 10.0 Å². The molecule has 0 bridgehead atoms. The minimum absolute atomic E-state index is 0.184. The summed E-state index contributed by atoms with van der Waals surface area (Å²) in [6.07, 6.45) is 1.43. The van der Waals surface area contributed by atoms with Crippen LogP contribution in [-0.4, -0.2) is 24.5 Å². The van der Waals surface area contributed by atoms with Crippen LogP contribution in [0.1, 0.15) is 23.6 Å². The number of nitrogens with zero attached hydrogens (tertiary/aromatic N) is 1. The smallest absolute Gasteiger partial charge is 0.335 e. The van der Waals surface area contributed by atoms with Crippen molar-refractivity contribution in [1.29, 1.82) is 0 Å². The highest BCUT2D eigenvalue weighted by Crippen LogP contribution is 2.29. The normalized spacial score (nSPS) is 14.8. The van der Waals surface area contributed by atoms with Gasteiger partial charge in [-0.15, -0.1) is 0 Å². The summed E-state index contributed by atoms with van der Waals surface area (Å²) in [7, 11) is 0. The topological polar surface area (TPSA) is 84.9 Å². The van der Waals surface area contributed by atoms with E-state index in [0.29, 0.717) is 36.0 Å². The fraction of sp³-hybridized carbons (Fsp3) is 0.148. The van der Waals surface area contributed by atoms with Gasteiger partial charge in [-0.2, -0.15) is 0 Å². The van der Waals surface area contributed by atoms with Crippen LogP contribution in [0.15, 0.2) is 76.8 Å². The lowest BCUT2D eigenvalue weighted by molar-refractivity contribution is -0.122. The largest absolute Gasteiger partial charge is 0.494 e. The van der Waals surface area contributed by atoms with Gasteiger partial charge in [0.1, 0.15) is 23.7 Å². The number of barbiturate groups is 1. The highest BCUT2D eigenvalue weighted by molar-refractivity contribution is 9.10. The molecule has 3 aromatic carbocycles. The molecule has 178 valence electrons. The van der Waals surface area contributed by atoms with E-state index in [1.165, 1.54) is 6.08 Å². The first-order chi connectivity index (χ1) is 16.9. The molecule has 1 fully saturated rings. The van der Waals surface area contributed by atoms with E-state index >= 15 is 0 Å². The number of rotatable bonds is 7. The third-order valence-electron chi connectivity index (χ3n) is 5.29. The lowest BCUT2D eigenvalue weighted by atomic mass is 10.1. The Kier molecular flexibility index (Phi) is 7.31. The minimum atomic E-state index is -0.814. The van der Waals surface area contributed by atoms with Crippen molar-refractivity contribution in [3.63, 3.8) is 0 Å². The number of halogens is 1. The van der Waals surface area contributed by atoms with Crippen LogP contribution in [0.2, 0.25) is 0 Å². The number of hydrogen-bond acceptors (Lipinski definition) is 5. The standard InChI is InChI=1S/C27H23BrN2O5/c1-3-34-22-11-9-21(10-12-22)30-26(32)23(25(31)29-27(30)33)15-19-14-20(28)8-13-24(19)35-16-18-6-4-17(2)5-7-18/h4-15H,3,16H2,1-2H3,(H,29,31,33)/b23-15+. The van der Waals surface area contributed by atoms with Crippen molar-refractivity contribution in [2.45, 2.75) is 20.5 Å². The third-order valence-corrected chi connectivity index (χ3v) is 5.79. The SMILES string of the molecule is CCOc1ccc(N2C(=O)NC(=O)/C(=C\c3cc(Br)ccc3OCc3ccc(C)cc3)C2=O)cc1. The van der Waals surface area contributed by atoms with Gasteiger partial charge in [-0.25, -0.2) is 9.69 Å². The Hall–Kier alpha value is -3.91. The zero-order valence-corrected chi connectivity index (χ0v) is 20.8. The summed E-state index contributed by atoms with van der Waals surface area (Å²) >= 11 is 3.43. The number of ether oxygens (including phenoxy) is 2. The van der Waals surface area contributed by atoms with Crippen molar-refractivity contribution in [1.82, 2.24) is 5.32 Å². The summed E-state index contributed by atoms with van der Waals surface area (Å²) in [5.74, 6) is -0.400. The number of hydrogen-bond donors (Lipinski definition) is 1. The van der Waals surface area contributed by atoms with Crippen LogP contribution in [0.25, 0.3) is 6.08 Å². The second kappa shape index (κ2) is 10.6. The molecule has 8 heteroatoms. The predicted octanol–water partition coefficient (Wildman–Crippen LogP) is 5.40. The Balaban J connectivity index is 1.63. The van der Waals surface area contributed by atoms with E-state index in [0.717, 1.165) is 20.5 Å². The van der Waals surface area contributed by atoms with Crippen LogP contribution < -0.4 is 19.7 Å². The van der Waals surface area contributed by atoms with Crippen molar-refractivity contribution in [2.75, 3.05) is 11.5 Å². The molecule has 0 atom stereocenters. The Labute approximate surface area is 211 Å². The van der Waals surface area contributed by atoms with Gasteiger partial charge in [-0.05, 0) is 68.0 Å². The molecular weight excluding hydrogens is 512 g/mol. The zero-order valence-electron chi connectivity index (χ0n) is 19.2. The molecule has 1 saturated heterocycles. The first-order valence-electron chi connectivity index (χ1n) is 11.0. The molecule has 0 aromatic heterocycles. The first-order valence-corrected chi connectivity index (χ1v) is 11.8. The van der Waals surface area contributed by atoms with E-state index in [1.807, 2.05) is 44.2 Å². The lowest BCUT2D eigenvalue weighted by Gasteiger charge is -2.26. The molecule has 4 amide bonds. The summed E-state index contributed by atoms with van der Waals surface area (Å²) in [5, 5.41) is 2.24. The van der Waals surface area contributed by atoms with E-state index < -0.39 is 17.8 Å². The van der Waals surface area contributed by atoms with Gasteiger partial charge in [0.15, 0.2) is 0 Å². The number of urea groups is 1. The van der Waals surface area contributed by atoms with E-state index in [4.69, 9.17) is 9.47 Å². The molecule has 1 heterocycles.